The molecule has 1 fully saturated rings. The van der Waals surface area contributed by atoms with Crippen molar-refractivity contribution in [3.05, 3.63) is 0 Å². The van der Waals surface area contributed by atoms with Crippen molar-refractivity contribution in [2.45, 2.75) is 26.1 Å². The highest BCUT2D eigenvalue weighted by Gasteiger charge is 2.30. The van der Waals surface area contributed by atoms with Gasteiger partial charge in [-0.05, 0) is 13.8 Å². The molecule has 1 saturated heterocycles. The van der Waals surface area contributed by atoms with E-state index in [1.807, 2.05) is 13.8 Å². The average Bonchev–Trinajstić information content (AvgIpc) is 2.23. The van der Waals surface area contributed by atoms with E-state index in [0.717, 1.165) is 0 Å². The van der Waals surface area contributed by atoms with Crippen LogP contribution in [0.4, 0.5) is 0 Å². The lowest BCUT2D eigenvalue weighted by Gasteiger charge is -2.34. The third kappa shape index (κ3) is 4.86. The van der Waals surface area contributed by atoms with E-state index >= 15 is 0 Å². The molecule has 0 aromatic heterocycles. The van der Waals surface area contributed by atoms with Crippen LogP contribution in [0.25, 0.3) is 0 Å². The fourth-order valence-corrected chi connectivity index (χ4v) is 2.77. The first-order valence-electron chi connectivity index (χ1n) is 5.48. The van der Waals surface area contributed by atoms with E-state index in [4.69, 9.17) is 14.3 Å². The molecule has 1 aliphatic rings. The molecular weight excluding hydrogens is 248 g/mol. The Balaban J connectivity index is 2.45. The summed E-state index contributed by atoms with van der Waals surface area (Å²) in [6, 6.07) is 0. The van der Waals surface area contributed by atoms with Crippen molar-refractivity contribution in [2.75, 3.05) is 33.4 Å². The first-order chi connectivity index (χ1) is 7.95. The summed E-state index contributed by atoms with van der Waals surface area (Å²) in [5.41, 5.74) is 0. The van der Waals surface area contributed by atoms with Crippen molar-refractivity contribution in [2.24, 2.45) is 0 Å². The summed E-state index contributed by atoms with van der Waals surface area (Å²) in [4.78, 5) is 6.88. The summed E-state index contributed by atoms with van der Waals surface area (Å²) in [5.74, 6) is 0. The number of hydrogen-bond donors (Lipinski definition) is 1. The SMILES string of the molecule is COCCONS(=O)(=O)N1CC(C)OC(C)C1. The van der Waals surface area contributed by atoms with Gasteiger partial charge in [0, 0.05) is 20.2 Å². The smallest absolute Gasteiger partial charge is 0.301 e. The lowest BCUT2D eigenvalue weighted by molar-refractivity contribution is -0.0468. The first kappa shape index (κ1) is 14.8. The Kier molecular flexibility index (Phi) is 5.77. The molecule has 0 aromatic rings. The van der Waals surface area contributed by atoms with Gasteiger partial charge in [-0.2, -0.15) is 12.7 Å². The second kappa shape index (κ2) is 6.62. The van der Waals surface area contributed by atoms with Crippen LogP contribution in [0, 0.1) is 0 Å². The Morgan fingerprint density at radius 2 is 1.88 bits per heavy atom. The van der Waals surface area contributed by atoms with Gasteiger partial charge in [-0.3, -0.25) is 4.84 Å². The van der Waals surface area contributed by atoms with E-state index in [1.54, 1.807) is 0 Å². The Morgan fingerprint density at radius 3 is 2.41 bits per heavy atom. The average molecular weight is 268 g/mol. The third-order valence-electron chi connectivity index (χ3n) is 2.28. The van der Waals surface area contributed by atoms with Gasteiger partial charge >= 0.3 is 10.2 Å². The number of hydrogen-bond acceptors (Lipinski definition) is 5. The molecule has 0 aromatic carbocycles. The Hall–Kier alpha value is -0.250. The standard InChI is InChI=1S/C9H20N2O5S/c1-8-6-11(7-9(2)16-8)17(12,13)10-15-5-4-14-3/h8-10H,4-7H2,1-3H3. The molecule has 1 aliphatic heterocycles. The lowest BCUT2D eigenvalue weighted by atomic mass is 10.3. The van der Waals surface area contributed by atoms with E-state index < -0.39 is 10.2 Å². The molecule has 7 nitrogen and oxygen atoms in total. The number of morpholine rings is 1. The lowest BCUT2D eigenvalue weighted by Crippen LogP contribution is -2.51. The van der Waals surface area contributed by atoms with E-state index in [-0.39, 0.29) is 18.8 Å². The van der Waals surface area contributed by atoms with Crippen LogP contribution in [0.2, 0.25) is 0 Å². The van der Waals surface area contributed by atoms with Gasteiger partial charge in [0.25, 0.3) is 0 Å². The van der Waals surface area contributed by atoms with Crippen molar-refractivity contribution in [3.63, 3.8) is 0 Å². The quantitative estimate of drug-likeness (QED) is 0.519. The number of methoxy groups -OCH3 is 1. The number of nitrogens with zero attached hydrogens (tertiary/aromatic N) is 1. The molecule has 17 heavy (non-hydrogen) atoms. The van der Waals surface area contributed by atoms with Crippen molar-refractivity contribution < 1.29 is 22.7 Å². The maximum Gasteiger partial charge on any atom is 0.301 e. The molecule has 1 rings (SSSR count). The zero-order valence-electron chi connectivity index (χ0n) is 10.4. The monoisotopic (exact) mass is 268 g/mol. The molecule has 0 spiro atoms. The molecular formula is C9H20N2O5S. The van der Waals surface area contributed by atoms with Gasteiger partial charge < -0.3 is 9.47 Å². The van der Waals surface area contributed by atoms with Crippen LogP contribution in [0.3, 0.4) is 0 Å². The van der Waals surface area contributed by atoms with Crippen molar-refractivity contribution in [1.82, 2.24) is 9.19 Å². The second-order valence-corrected chi connectivity index (χ2v) is 5.64. The zero-order chi connectivity index (χ0) is 12.9. The van der Waals surface area contributed by atoms with Crippen LogP contribution in [0.5, 0.6) is 0 Å². The van der Waals surface area contributed by atoms with Crippen LogP contribution >= 0.6 is 0 Å². The van der Waals surface area contributed by atoms with Crippen molar-refractivity contribution in [1.29, 1.82) is 0 Å². The summed E-state index contributed by atoms with van der Waals surface area (Å²) in [6.45, 7) is 4.83. The Labute approximate surface area is 102 Å². The molecule has 8 heteroatoms. The third-order valence-corrected chi connectivity index (χ3v) is 3.59. The van der Waals surface area contributed by atoms with E-state index in [1.165, 1.54) is 11.4 Å². The molecule has 102 valence electrons. The minimum absolute atomic E-state index is 0.116. The van der Waals surface area contributed by atoms with Crippen LogP contribution in [0.1, 0.15) is 13.8 Å². The highest BCUT2D eigenvalue weighted by atomic mass is 32.2. The Morgan fingerprint density at radius 1 is 1.29 bits per heavy atom. The summed E-state index contributed by atoms with van der Waals surface area (Å²) in [6.07, 6.45) is -0.233. The highest BCUT2D eigenvalue weighted by Crippen LogP contribution is 2.13. The van der Waals surface area contributed by atoms with Crippen LogP contribution < -0.4 is 4.89 Å². The fourth-order valence-electron chi connectivity index (χ4n) is 1.62. The van der Waals surface area contributed by atoms with Gasteiger partial charge in [0.05, 0.1) is 25.4 Å². The molecule has 1 heterocycles. The van der Waals surface area contributed by atoms with Gasteiger partial charge in [0.2, 0.25) is 0 Å². The number of rotatable bonds is 6. The predicted octanol–water partition coefficient (Wildman–Crippen LogP) is -0.492. The zero-order valence-corrected chi connectivity index (χ0v) is 11.2. The second-order valence-electron chi connectivity index (χ2n) is 4.00. The summed E-state index contributed by atoms with van der Waals surface area (Å²) >= 11 is 0. The summed E-state index contributed by atoms with van der Waals surface area (Å²) in [7, 11) is -2.09. The molecule has 0 aliphatic carbocycles. The normalized spacial score (nSPS) is 27.2. The topological polar surface area (TPSA) is 77.1 Å². The van der Waals surface area contributed by atoms with E-state index in [2.05, 4.69) is 4.89 Å². The Bertz CT molecular complexity index is 311. The van der Waals surface area contributed by atoms with Gasteiger partial charge in [0.15, 0.2) is 0 Å². The number of ether oxygens (including phenoxy) is 2. The molecule has 0 saturated carbocycles. The van der Waals surface area contributed by atoms with Crippen molar-refractivity contribution in [3.8, 4) is 0 Å². The highest BCUT2D eigenvalue weighted by molar-refractivity contribution is 7.87. The van der Waals surface area contributed by atoms with E-state index in [0.29, 0.717) is 19.7 Å². The molecule has 0 amide bonds. The fraction of sp³-hybridized carbons (Fsp3) is 1.00. The minimum Gasteiger partial charge on any atom is -0.382 e. The number of nitrogens with one attached hydrogen (secondary N) is 1. The molecule has 0 radical (unpaired) electrons. The first-order valence-corrected chi connectivity index (χ1v) is 6.92. The van der Waals surface area contributed by atoms with Crippen LogP contribution in [-0.2, 0) is 24.5 Å². The van der Waals surface area contributed by atoms with Crippen LogP contribution in [-0.4, -0.2) is 58.3 Å². The van der Waals surface area contributed by atoms with Gasteiger partial charge in [-0.15, -0.1) is 0 Å². The van der Waals surface area contributed by atoms with E-state index in [9.17, 15) is 8.42 Å². The molecule has 2 unspecified atom stereocenters. The van der Waals surface area contributed by atoms with Gasteiger partial charge in [-0.1, -0.05) is 4.89 Å². The van der Waals surface area contributed by atoms with Crippen molar-refractivity contribution >= 4 is 10.2 Å². The minimum atomic E-state index is -3.60. The molecule has 0 bridgehead atoms. The predicted molar refractivity (Wildman–Crippen MR) is 61.5 cm³/mol. The summed E-state index contributed by atoms with van der Waals surface area (Å²) < 4.78 is 35.2. The maximum absolute atomic E-state index is 11.8. The van der Waals surface area contributed by atoms with Gasteiger partial charge in [-0.25, -0.2) is 0 Å². The summed E-state index contributed by atoms with van der Waals surface area (Å²) in [5, 5.41) is 0. The van der Waals surface area contributed by atoms with Gasteiger partial charge in [0.1, 0.15) is 0 Å². The molecule has 1 N–H and O–H groups in total. The van der Waals surface area contributed by atoms with Crippen LogP contribution in [0.15, 0.2) is 0 Å². The largest absolute Gasteiger partial charge is 0.382 e. The molecule has 2 atom stereocenters. The maximum atomic E-state index is 11.8.